The Morgan fingerprint density at radius 1 is 1.47 bits per heavy atom. The number of rotatable bonds is 4. The van der Waals surface area contributed by atoms with Crippen LogP contribution in [0.5, 0.6) is 0 Å². The topological polar surface area (TPSA) is 30.5 Å². The second-order valence-corrected chi connectivity index (χ2v) is 4.44. The van der Waals surface area contributed by atoms with Gasteiger partial charge in [-0.15, -0.1) is 0 Å². The molecule has 15 heavy (non-hydrogen) atoms. The molecule has 2 aliphatic rings. The van der Waals surface area contributed by atoms with Crippen LogP contribution in [-0.4, -0.2) is 32.4 Å². The normalized spacial score (nSPS) is 26.1. The molecule has 1 fully saturated rings. The lowest BCUT2D eigenvalue weighted by atomic mass is 9.73. The average Bonchev–Trinajstić information content (AvgIpc) is 2.24. The Kier molecular flexibility index (Phi) is 3.32. The van der Waals surface area contributed by atoms with Crippen molar-refractivity contribution in [2.75, 3.05) is 20.8 Å². The van der Waals surface area contributed by atoms with E-state index in [1.807, 2.05) is 14.2 Å². The van der Waals surface area contributed by atoms with Gasteiger partial charge in [0.05, 0.1) is 18.2 Å². The van der Waals surface area contributed by atoms with Crippen LogP contribution in [0.4, 0.5) is 0 Å². The maximum Gasteiger partial charge on any atom is 0.112 e. The first-order valence-electron chi connectivity index (χ1n) is 5.88. The molecule has 0 aromatic heterocycles. The Hall–Kier alpha value is -0.540. The van der Waals surface area contributed by atoms with Crippen molar-refractivity contribution in [1.82, 2.24) is 5.32 Å². The van der Waals surface area contributed by atoms with Gasteiger partial charge in [-0.25, -0.2) is 0 Å². The van der Waals surface area contributed by atoms with Gasteiger partial charge in [0.15, 0.2) is 0 Å². The van der Waals surface area contributed by atoms with E-state index in [2.05, 4.69) is 11.4 Å². The van der Waals surface area contributed by atoms with Gasteiger partial charge in [0.2, 0.25) is 0 Å². The van der Waals surface area contributed by atoms with E-state index < -0.39 is 0 Å². The van der Waals surface area contributed by atoms with Gasteiger partial charge in [0.1, 0.15) is 5.76 Å². The number of nitrogens with one attached hydrogen (secondary N) is 1. The van der Waals surface area contributed by atoms with Gasteiger partial charge >= 0.3 is 0 Å². The molecule has 0 radical (unpaired) electrons. The molecule has 1 atom stereocenters. The minimum atomic E-state index is -0.0159. The summed E-state index contributed by atoms with van der Waals surface area (Å²) in [5, 5.41) is 3.35. The van der Waals surface area contributed by atoms with Crippen molar-refractivity contribution in [3.63, 3.8) is 0 Å². The Balaban J connectivity index is 2.11. The first-order valence-corrected chi connectivity index (χ1v) is 5.88. The summed E-state index contributed by atoms with van der Waals surface area (Å²) in [4.78, 5) is 0. The van der Waals surface area contributed by atoms with Crippen LogP contribution < -0.4 is 5.32 Å². The van der Waals surface area contributed by atoms with Crippen LogP contribution in [0.2, 0.25) is 0 Å². The molecule has 1 unspecified atom stereocenters. The van der Waals surface area contributed by atoms with E-state index in [-0.39, 0.29) is 11.6 Å². The minimum Gasteiger partial charge on any atom is -0.496 e. The zero-order valence-electron chi connectivity index (χ0n) is 9.71. The lowest BCUT2D eigenvalue weighted by Crippen LogP contribution is -2.56. The van der Waals surface area contributed by atoms with Crippen LogP contribution in [0.25, 0.3) is 0 Å². The SMILES string of the molecule is CNC(C1=CCCCO1)C1(OC)CCC1. The van der Waals surface area contributed by atoms with Gasteiger partial charge in [-0.3, -0.25) is 0 Å². The highest BCUT2D eigenvalue weighted by atomic mass is 16.5. The van der Waals surface area contributed by atoms with Gasteiger partial charge in [-0.1, -0.05) is 0 Å². The van der Waals surface area contributed by atoms with Crippen molar-refractivity contribution in [1.29, 1.82) is 0 Å². The van der Waals surface area contributed by atoms with Crippen LogP contribution >= 0.6 is 0 Å². The largest absolute Gasteiger partial charge is 0.496 e. The first-order chi connectivity index (χ1) is 7.32. The Bertz CT molecular complexity index is 240. The maximum absolute atomic E-state index is 5.73. The monoisotopic (exact) mass is 211 g/mol. The highest BCUT2D eigenvalue weighted by Crippen LogP contribution is 2.41. The highest BCUT2D eigenvalue weighted by Gasteiger charge is 2.46. The summed E-state index contributed by atoms with van der Waals surface area (Å²) in [6.07, 6.45) is 8.02. The summed E-state index contributed by atoms with van der Waals surface area (Å²) >= 11 is 0. The van der Waals surface area contributed by atoms with Crippen LogP contribution in [0.3, 0.4) is 0 Å². The van der Waals surface area contributed by atoms with Crippen molar-refractivity contribution in [3.8, 4) is 0 Å². The molecule has 1 saturated carbocycles. The van der Waals surface area contributed by atoms with Crippen LogP contribution in [0.15, 0.2) is 11.8 Å². The van der Waals surface area contributed by atoms with Crippen LogP contribution in [0, 0.1) is 0 Å². The maximum atomic E-state index is 5.73. The second kappa shape index (κ2) is 4.54. The van der Waals surface area contributed by atoms with E-state index in [9.17, 15) is 0 Å². The first kappa shape index (κ1) is 11.0. The smallest absolute Gasteiger partial charge is 0.112 e. The van der Waals surface area contributed by atoms with Crippen molar-refractivity contribution in [2.24, 2.45) is 0 Å². The summed E-state index contributed by atoms with van der Waals surface area (Å²) in [5.41, 5.74) is -0.0159. The van der Waals surface area contributed by atoms with Crippen molar-refractivity contribution in [2.45, 2.75) is 43.7 Å². The fourth-order valence-electron chi connectivity index (χ4n) is 2.58. The van der Waals surface area contributed by atoms with E-state index in [1.54, 1.807) is 0 Å². The molecule has 3 heteroatoms. The molecular formula is C12H21NO2. The molecule has 1 heterocycles. The van der Waals surface area contributed by atoms with Crippen molar-refractivity contribution in [3.05, 3.63) is 11.8 Å². The minimum absolute atomic E-state index is 0.0159. The van der Waals surface area contributed by atoms with E-state index in [0.29, 0.717) is 0 Å². The van der Waals surface area contributed by atoms with Gasteiger partial charge < -0.3 is 14.8 Å². The zero-order valence-corrected chi connectivity index (χ0v) is 9.71. The molecule has 3 nitrogen and oxygen atoms in total. The number of ether oxygens (including phenoxy) is 2. The number of methoxy groups -OCH3 is 1. The molecule has 1 aliphatic carbocycles. The lowest BCUT2D eigenvalue weighted by molar-refractivity contribution is -0.0992. The highest BCUT2D eigenvalue weighted by molar-refractivity contribution is 5.16. The third kappa shape index (κ3) is 1.91. The third-order valence-electron chi connectivity index (χ3n) is 3.67. The number of hydrogen-bond donors (Lipinski definition) is 1. The second-order valence-electron chi connectivity index (χ2n) is 4.44. The quantitative estimate of drug-likeness (QED) is 0.769. The summed E-state index contributed by atoms with van der Waals surface area (Å²) in [7, 11) is 3.80. The number of likely N-dealkylation sites (N-methyl/N-ethyl adjacent to an activating group) is 1. The van der Waals surface area contributed by atoms with Gasteiger partial charge in [-0.2, -0.15) is 0 Å². The predicted molar refractivity (Wildman–Crippen MR) is 59.7 cm³/mol. The number of hydrogen-bond acceptors (Lipinski definition) is 3. The molecule has 86 valence electrons. The molecule has 1 aliphatic heterocycles. The lowest BCUT2D eigenvalue weighted by Gasteiger charge is -2.47. The summed E-state index contributed by atoms with van der Waals surface area (Å²) in [5.74, 6) is 1.09. The molecule has 0 saturated heterocycles. The van der Waals surface area contributed by atoms with E-state index in [0.717, 1.165) is 38.0 Å². The van der Waals surface area contributed by atoms with Gasteiger partial charge in [0.25, 0.3) is 0 Å². The molecule has 0 amide bonds. The van der Waals surface area contributed by atoms with E-state index in [4.69, 9.17) is 9.47 Å². The fraction of sp³-hybridized carbons (Fsp3) is 0.833. The molecule has 1 N–H and O–H groups in total. The fourth-order valence-corrected chi connectivity index (χ4v) is 2.58. The molecule has 2 rings (SSSR count). The average molecular weight is 211 g/mol. The summed E-state index contributed by atoms with van der Waals surface area (Å²) in [6, 6.07) is 0.233. The molecule has 0 bridgehead atoms. The standard InChI is InChI=1S/C12H21NO2/c1-13-11(10-6-3-4-9-15-10)12(14-2)7-5-8-12/h6,11,13H,3-5,7-9H2,1-2H3. The molecule has 0 aromatic rings. The molecule has 0 spiro atoms. The van der Waals surface area contributed by atoms with Crippen LogP contribution in [0.1, 0.15) is 32.1 Å². The van der Waals surface area contributed by atoms with Gasteiger partial charge in [-0.05, 0) is 45.2 Å². The molecule has 0 aromatic carbocycles. The zero-order chi connectivity index (χ0) is 10.7. The molecular weight excluding hydrogens is 190 g/mol. The predicted octanol–water partition coefficient (Wildman–Crippen LogP) is 1.84. The van der Waals surface area contributed by atoms with Crippen molar-refractivity contribution >= 4 is 0 Å². The summed E-state index contributed by atoms with van der Waals surface area (Å²) in [6.45, 7) is 0.851. The van der Waals surface area contributed by atoms with E-state index in [1.165, 1.54) is 6.42 Å². The number of allylic oxidation sites excluding steroid dienone is 1. The Labute approximate surface area is 91.8 Å². The van der Waals surface area contributed by atoms with Crippen LogP contribution in [-0.2, 0) is 9.47 Å². The van der Waals surface area contributed by atoms with E-state index >= 15 is 0 Å². The third-order valence-corrected chi connectivity index (χ3v) is 3.67. The Morgan fingerprint density at radius 2 is 2.27 bits per heavy atom. The van der Waals surface area contributed by atoms with Crippen molar-refractivity contribution < 1.29 is 9.47 Å². The Morgan fingerprint density at radius 3 is 2.67 bits per heavy atom. The van der Waals surface area contributed by atoms with Gasteiger partial charge in [0, 0.05) is 7.11 Å². The summed E-state index contributed by atoms with van der Waals surface area (Å²) < 4.78 is 11.4.